The van der Waals surface area contributed by atoms with E-state index in [0.29, 0.717) is 30.8 Å². The maximum absolute atomic E-state index is 12.6. The first-order chi connectivity index (χ1) is 12.5. The highest BCUT2D eigenvalue weighted by atomic mass is 16.2. The van der Waals surface area contributed by atoms with Crippen molar-refractivity contribution in [3.05, 3.63) is 54.4 Å². The molecule has 1 aliphatic carbocycles. The van der Waals surface area contributed by atoms with Gasteiger partial charge in [0.2, 0.25) is 17.7 Å². The topological polar surface area (TPSA) is 100 Å². The fourth-order valence-electron chi connectivity index (χ4n) is 2.66. The van der Waals surface area contributed by atoms with Crippen LogP contribution in [0.5, 0.6) is 0 Å². The van der Waals surface area contributed by atoms with Gasteiger partial charge in [-0.15, -0.1) is 0 Å². The number of aromatic nitrogens is 1. The first kappa shape index (κ1) is 17.6. The van der Waals surface area contributed by atoms with Gasteiger partial charge in [-0.05, 0) is 48.7 Å². The molecule has 0 aliphatic heterocycles. The fourth-order valence-corrected chi connectivity index (χ4v) is 2.66. The lowest BCUT2D eigenvalue weighted by atomic mass is 10.0. The second-order valence-electron chi connectivity index (χ2n) is 6.34. The second kappa shape index (κ2) is 7.35. The largest absolute Gasteiger partial charge is 0.351 e. The molecule has 1 aliphatic rings. The van der Waals surface area contributed by atoms with E-state index in [1.54, 1.807) is 36.7 Å². The number of carbonyl (C=O) groups excluding carboxylic acids is 3. The first-order valence-corrected chi connectivity index (χ1v) is 8.36. The molecular weight excluding hydrogens is 332 g/mol. The van der Waals surface area contributed by atoms with Crippen LogP contribution in [0.2, 0.25) is 0 Å². The highest BCUT2D eigenvalue weighted by molar-refractivity contribution is 6.13. The number of nitrogens with zero attached hydrogens (tertiary/aromatic N) is 1. The number of anilines is 2. The molecule has 3 rings (SSSR count). The number of carbonyl (C=O) groups is 3. The summed E-state index contributed by atoms with van der Waals surface area (Å²) in [7, 11) is 0. The summed E-state index contributed by atoms with van der Waals surface area (Å²) in [5, 5.41) is 8.26. The molecule has 0 radical (unpaired) electrons. The molecule has 7 heteroatoms. The normalized spacial score (nSPS) is 14.2. The Morgan fingerprint density at radius 1 is 1.00 bits per heavy atom. The lowest BCUT2D eigenvalue weighted by Crippen LogP contribution is -2.39. The SMILES string of the molecule is CC(=O)Nc1cccc(NC(=O)C2(C(=O)NCc3ccncc3)CC2)c1. The van der Waals surface area contributed by atoms with Crippen LogP contribution < -0.4 is 16.0 Å². The fraction of sp³-hybridized carbons (Fsp3) is 0.263. The number of benzene rings is 1. The van der Waals surface area contributed by atoms with Gasteiger partial charge in [0.25, 0.3) is 0 Å². The molecule has 7 nitrogen and oxygen atoms in total. The highest BCUT2D eigenvalue weighted by Gasteiger charge is 2.56. The molecule has 0 saturated heterocycles. The monoisotopic (exact) mass is 352 g/mol. The van der Waals surface area contributed by atoms with Crippen molar-refractivity contribution < 1.29 is 14.4 Å². The van der Waals surface area contributed by atoms with E-state index in [-0.39, 0.29) is 17.7 Å². The minimum atomic E-state index is -1.02. The molecule has 26 heavy (non-hydrogen) atoms. The third kappa shape index (κ3) is 4.05. The molecular formula is C19H20N4O3. The average molecular weight is 352 g/mol. The van der Waals surface area contributed by atoms with Gasteiger partial charge < -0.3 is 16.0 Å². The number of amides is 3. The van der Waals surface area contributed by atoms with Crippen molar-refractivity contribution in [3.8, 4) is 0 Å². The zero-order valence-corrected chi connectivity index (χ0v) is 14.4. The van der Waals surface area contributed by atoms with E-state index in [1.165, 1.54) is 6.92 Å². The van der Waals surface area contributed by atoms with E-state index in [4.69, 9.17) is 0 Å². The van der Waals surface area contributed by atoms with Crippen molar-refractivity contribution >= 4 is 29.1 Å². The molecule has 3 N–H and O–H groups in total. The second-order valence-corrected chi connectivity index (χ2v) is 6.34. The highest BCUT2D eigenvalue weighted by Crippen LogP contribution is 2.47. The molecule has 3 amide bonds. The van der Waals surface area contributed by atoms with Crippen LogP contribution in [0.25, 0.3) is 0 Å². The van der Waals surface area contributed by atoms with Gasteiger partial charge in [0.15, 0.2) is 0 Å². The molecule has 1 aromatic heterocycles. The predicted molar refractivity (Wildman–Crippen MR) is 97.1 cm³/mol. The van der Waals surface area contributed by atoms with E-state index in [9.17, 15) is 14.4 Å². The average Bonchev–Trinajstić information content (AvgIpc) is 3.42. The zero-order valence-electron chi connectivity index (χ0n) is 14.4. The third-order valence-corrected chi connectivity index (χ3v) is 4.26. The Balaban J connectivity index is 1.61. The number of nitrogens with one attached hydrogen (secondary N) is 3. The molecule has 1 heterocycles. The van der Waals surface area contributed by atoms with Crippen molar-refractivity contribution in [1.29, 1.82) is 0 Å². The third-order valence-electron chi connectivity index (χ3n) is 4.26. The maximum Gasteiger partial charge on any atom is 0.240 e. The van der Waals surface area contributed by atoms with Crippen LogP contribution in [0.4, 0.5) is 11.4 Å². The van der Waals surface area contributed by atoms with Gasteiger partial charge in [-0.3, -0.25) is 19.4 Å². The van der Waals surface area contributed by atoms with Crippen molar-refractivity contribution in [1.82, 2.24) is 10.3 Å². The lowest BCUT2D eigenvalue weighted by molar-refractivity contribution is -0.134. The minimum Gasteiger partial charge on any atom is -0.351 e. The van der Waals surface area contributed by atoms with Gasteiger partial charge in [0.05, 0.1) is 0 Å². The Hall–Kier alpha value is -3.22. The predicted octanol–water partition coefficient (Wildman–Crippen LogP) is 2.08. The summed E-state index contributed by atoms with van der Waals surface area (Å²) < 4.78 is 0. The Kier molecular flexibility index (Phi) is 4.97. The molecule has 1 aromatic carbocycles. The van der Waals surface area contributed by atoms with Crippen LogP contribution in [-0.4, -0.2) is 22.7 Å². The first-order valence-electron chi connectivity index (χ1n) is 8.36. The van der Waals surface area contributed by atoms with E-state index >= 15 is 0 Å². The minimum absolute atomic E-state index is 0.192. The molecule has 0 unspecified atom stereocenters. The number of hydrogen-bond donors (Lipinski definition) is 3. The molecule has 1 saturated carbocycles. The van der Waals surface area contributed by atoms with Crippen molar-refractivity contribution in [2.75, 3.05) is 10.6 Å². The molecule has 1 fully saturated rings. The molecule has 134 valence electrons. The van der Waals surface area contributed by atoms with E-state index in [1.807, 2.05) is 12.1 Å². The smallest absolute Gasteiger partial charge is 0.240 e. The van der Waals surface area contributed by atoms with Gasteiger partial charge in [-0.25, -0.2) is 0 Å². The summed E-state index contributed by atoms with van der Waals surface area (Å²) in [5.41, 5.74) is 1.03. The van der Waals surface area contributed by atoms with Crippen LogP contribution in [0.15, 0.2) is 48.8 Å². The summed E-state index contributed by atoms with van der Waals surface area (Å²) in [5.74, 6) is -0.794. The Morgan fingerprint density at radius 3 is 2.27 bits per heavy atom. The molecule has 0 spiro atoms. The Bertz CT molecular complexity index is 832. The van der Waals surface area contributed by atoms with Gasteiger partial charge in [-0.1, -0.05) is 6.07 Å². The number of pyridine rings is 1. The summed E-state index contributed by atoms with van der Waals surface area (Å²) in [6.07, 6.45) is 4.35. The van der Waals surface area contributed by atoms with Crippen LogP contribution in [0, 0.1) is 5.41 Å². The van der Waals surface area contributed by atoms with E-state index in [0.717, 1.165) is 5.56 Å². The van der Waals surface area contributed by atoms with Crippen LogP contribution >= 0.6 is 0 Å². The van der Waals surface area contributed by atoms with Crippen molar-refractivity contribution in [3.63, 3.8) is 0 Å². The standard InChI is InChI=1S/C19H20N4O3/c1-13(24)22-15-3-2-4-16(11-15)23-18(26)19(7-8-19)17(25)21-12-14-5-9-20-10-6-14/h2-6,9-11H,7-8,12H2,1H3,(H,21,25)(H,22,24)(H,23,26). The van der Waals surface area contributed by atoms with Crippen LogP contribution in [0.1, 0.15) is 25.3 Å². The Morgan fingerprint density at radius 2 is 1.65 bits per heavy atom. The molecule has 0 atom stereocenters. The van der Waals surface area contributed by atoms with Crippen LogP contribution in [-0.2, 0) is 20.9 Å². The summed E-state index contributed by atoms with van der Waals surface area (Å²) >= 11 is 0. The summed E-state index contributed by atoms with van der Waals surface area (Å²) in [4.78, 5) is 40.2. The van der Waals surface area contributed by atoms with Crippen LogP contribution in [0.3, 0.4) is 0 Å². The molecule has 0 bridgehead atoms. The quantitative estimate of drug-likeness (QED) is 0.693. The van der Waals surface area contributed by atoms with E-state index < -0.39 is 5.41 Å². The Labute approximate surface area is 151 Å². The maximum atomic E-state index is 12.6. The molecule has 2 aromatic rings. The lowest BCUT2D eigenvalue weighted by Gasteiger charge is -2.16. The summed E-state index contributed by atoms with van der Waals surface area (Å²) in [6.45, 7) is 1.77. The van der Waals surface area contributed by atoms with E-state index in [2.05, 4.69) is 20.9 Å². The van der Waals surface area contributed by atoms with Crippen molar-refractivity contribution in [2.45, 2.75) is 26.3 Å². The number of rotatable bonds is 6. The van der Waals surface area contributed by atoms with Gasteiger partial charge >= 0.3 is 0 Å². The zero-order chi connectivity index (χ0) is 18.6. The summed E-state index contributed by atoms with van der Waals surface area (Å²) in [6, 6.07) is 10.5. The number of hydrogen-bond acceptors (Lipinski definition) is 4. The van der Waals surface area contributed by atoms with Crippen molar-refractivity contribution in [2.24, 2.45) is 5.41 Å². The van der Waals surface area contributed by atoms with Gasteiger partial charge in [-0.2, -0.15) is 0 Å². The van der Waals surface area contributed by atoms with Gasteiger partial charge in [0.1, 0.15) is 5.41 Å². The van der Waals surface area contributed by atoms with Gasteiger partial charge in [0, 0.05) is 37.2 Å².